The largest absolute Gasteiger partial charge is 0.496 e. The van der Waals surface area contributed by atoms with E-state index in [-0.39, 0.29) is 6.04 Å². The summed E-state index contributed by atoms with van der Waals surface area (Å²) in [4.78, 5) is 0. The molecular weight excluding hydrogens is 330 g/mol. The first-order valence-electron chi connectivity index (χ1n) is 6.95. The van der Waals surface area contributed by atoms with Crippen LogP contribution in [-0.2, 0) is 6.42 Å². The maximum Gasteiger partial charge on any atom is 0.122 e. The lowest BCUT2D eigenvalue weighted by molar-refractivity contribution is 0.296. The average Bonchev–Trinajstić information content (AvgIpc) is 2.50. The number of benzene rings is 2. The first kappa shape index (κ1) is 15.9. The highest BCUT2D eigenvalue weighted by Gasteiger charge is 2.08. The Bertz CT molecular complexity index is 557. The van der Waals surface area contributed by atoms with Gasteiger partial charge in [0.05, 0.1) is 13.7 Å². The fourth-order valence-corrected chi connectivity index (χ4v) is 2.38. The molecule has 0 saturated carbocycles. The lowest BCUT2D eigenvalue weighted by Crippen LogP contribution is -2.25. The first-order chi connectivity index (χ1) is 10.2. The summed E-state index contributed by atoms with van der Waals surface area (Å²) in [7, 11) is 1.68. The van der Waals surface area contributed by atoms with Gasteiger partial charge in [-0.25, -0.2) is 0 Å². The van der Waals surface area contributed by atoms with Crippen molar-refractivity contribution in [2.24, 2.45) is 5.73 Å². The number of nitrogens with two attached hydrogens (primary N) is 1. The fraction of sp³-hybridized carbons (Fsp3) is 0.294. The van der Waals surface area contributed by atoms with Crippen LogP contribution >= 0.6 is 15.9 Å². The Labute approximate surface area is 134 Å². The van der Waals surface area contributed by atoms with Crippen molar-refractivity contribution in [3.05, 3.63) is 58.6 Å². The van der Waals surface area contributed by atoms with Crippen LogP contribution in [0.4, 0.5) is 0 Å². The minimum absolute atomic E-state index is 0.0525. The van der Waals surface area contributed by atoms with E-state index in [4.69, 9.17) is 15.2 Å². The molecule has 0 aliphatic heterocycles. The van der Waals surface area contributed by atoms with Crippen LogP contribution in [-0.4, -0.2) is 19.8 Å². The second kappa shape index (κ2) is 8.05. The summed E-state index contributed by atoms with van der Waals surface area (Å²) < 4.78 is 12.1. The standard InChI is InChI=1S/C17H20BrNO2/c1-20-17-5-3-2-4-13(17)12-15(19)10-11-21-16-8-6-14(18)7-9-16/h2-9,15H,10-12,19H2,1H3. The van der Waals surface area contributed by atoms with Crippen molar-refractivity contribution in [2.75, 3.05) is 13.7 Å². The highest BCUT2D eigenvalue weighted by atomic mass is 79.9. The Balaban J connectivity index is 1.79. The zero-order valence-corrected chi connectivity index (χ0v) is 13.7. The lowest BCUT2D eigenvalue weighted by atomic mass is 10.0. The molecule has 0 saturated heterocycles. The first-order valence-corrected chi connectivity index (χ1v) is 7.74. The van der Waals surface area contributed by atoms with Gasteiger partial charge < -0.3 is 15.2 Å². The Morgan fingerprint density at radius 1 is 1.10 bits per heavy atom. The normalized spacial score (nSPS) is 12.0. The number of ether oxygens (including phenoxy) is 2. The molecule has 4 heteroatoms. The van der Waals surface area contributed by atoms with E-state index in [1.165, 1.54) is 0 Å². The second-order valence-corrected chi connectivity index (χ2v) is 5.78. The van der Waals surface area contributed by atoms with Gasteiger partial charge in [-0.15, -0.1) is 0 Å². The van der Waals surface area contributed by atoms with Crippen molar-refractivity contribution in [3.8, 4) is 11.5 Å². The summed E-state index contributed by atoms with van der Waals surface area (Å²) in [6, 6.07) is 15.8. The zero-order chi connectivity index (χ0) is 15.1. The van der Waals surface area contributed by atoms with Crippen LogP contribution in [0.5, 0.6) is 11.5 Å². The van der Waals surface area contributed by atoms with Gasteiger partial charge in [0.25, 0.3) is 0 Å². The maximum absolute atomic E-state index is 6.17. The van der Waals surface area contributed by atoms with Gasteiger partial charge in [-0.05, 0) is 48.7 Å². The minimum atomic E-state index is 0.0525. The van der Waals surface area contributed by atoms with Crippen molar-refractivity contribution >= 4 is 15.9 Å². The van der Waals surface area contributed by atoms with Crippen LogP contribution < -0.4 is 15.2 Å². The number of hydrogen-bond acceptors (Lipinski definition) is 3. The van der Waals surface area contributed by atoms with Gasteiger partial charge in [-0.2, -0.15) is 0 Å². The Morgan fingerprint density at radius 2 is 1.81 bits per heavy atom. The molecule has 2 N–H and O–H groups in total. The summed E-state index contributed by atoms with van der Waals surface area (Å²) >= 11 is 3.40. The highest BCUT2D eigenvalue weighted by molar-refractivity contribution is 9.10. The van der Waals surface area contributed by atoms with Gasteiger partial charge >= 0.3 is 0 Å². The molecule has 0 aliphatic carbocycles. The zero-order valence-electron chi connectivity index (χ0n) is 12.1. The summed E-state index contributed by atoms with van der Waals surface area (Å²) in [5.74, 6) is 1.75. The molecular formula is C17H20BrNO2. The van der Waals surface area contributed by atoms with Gasteiger partial charge in [-0.3, -0.25) is 0 Å². The Morgan fingerprint density at radius 3 is 2.52 bits per heavy atom. The average molecular weight is 350 g/mol. The highest BCUT2D eigenvalue weighted by Crippen LogP contribution is 2.20. The van der Waals surface area contributed by atoms with Crippen LogP contribution in [0.2, 0.25) is 0 Å². The number of para-hydroxylation sites is 1. The summed E-state index contributed by atoms with van der Waals surface area (Å²) in [6.45, 7) is 0.609. The smallest absolute Gasteiger partial charge is 0.122 e. The van der Waals surface area contributed by atoms with Crippen LogP contribution in [0.1, 0.15) is 12.0 Å². The van der Waals surface area contributed by atoms with E-state index in [9.17, 15) is 0 Å². The monoisotopic (exact) mass is 349 g/mol. The molecule has 112 valence electrons. The number of methoxy groups -OCH3 is 1. The molecule has 0 aliphatic rings. The molecule has 2 aromatic carbocycles. The third-order valence-electron chi connectivity index (χ3n) is 3.25. The van der Waals surface area contributed by atoms with Crippen molar-refractivity contribution in [1.82, 2.24) is 0 Å². The topological polar surface area (TPSA) is 44.5 Å². The third-order valence-corrected chi connectivity index (χ3v) is 3.77. The van der Waals surface area contributed by atoms with Crippen LogP contribution in [0.3, 0.4) is 0 Å². The number of hydrogen-bond donors (Lipinski definition) is 1. The van der Waals surface area contributed by atoms with Gasteiger partial charge in [0.1, 0.15) is 11.5 Å². The molecule has 0 aromatic heterocycles. The van der Waals surface area contributed by atoms with Crippen molar-refractivity contribution < 1.29 is 9.47 Å². The van der Waals surface area contributed by atoms with Crippen molar-refractivity contribution in [1.29, 1.82) is 0 Å². The molecule has 1 unspecified atom stereocenters. The molecule has 0 amide bonds. The molecule has 0 bridgehead atoms. The van der Waals surface area contributed by atoms with Crippen LogP contribution in [0.25, 0.3) is 0 Å². The molecule has 2 rings (SSSR count). The fourth-order valence-electron chi connectivity index (χ4n) is 2.12. The Hall–Kier alpha value is -1.52. The van der Waals surface area contributed by atoms with Crippen LogP contribution in [0, 0.1) is 0 Å². The van der Waals surface area contributed by atoms with E-state index in [0.717, 1.165) is 34.4 Å². The molecule has 0 radical (unpaired) electrons. The predicted octanol–water partition coefficient (Wildman–Crippen LogP) is 3.80. The van der Waals surface area contributed by atoms with Gasteiger partial charge in [0.15, 0.2) is 0 Å². The molecule has 3 nitrogen and oxygen atoms in total. The van der Waals surface area contributed by atoms with Crippen molar-refractivity contribution in [3.63, 3.8) is 0 Å². The summed E-state index contributed by atoms with van der Waals surface area (Å²) in [6.07, 6.45) is 1.59. The number of halogens is 1. The van der Waals surface area contributed by atoms with Gasteiger partial charge in [0, 0.05) is 10.5 Å². The second-order valence-electron chi connectivity index (χ2n) is 4.87. The van der Waals surface area contributed by atoms with Crippen molar-refractivity contribution in [2.45, 2.75) is 18.9 Å². The third kappa shape index (κ3) is 5.06. The van der Waals surface area contributed by atoms with E-state index in [0.29, 0.717) is 6.61 Å². The van der Waals surface area contributed by atoms with Gasteiger partial charge in [0.2, 0.25) is 0 Å². The molecule has 0 heterocycles. The lowest BCUT2D eigenvalue weighted by Gasteiger charge is -2.14. The predicted molar refractivity (Wildman–Crippen MR) is 88.9 cm³/mol. The molecule has 0 spiro atoms. The van der Waals surface area contributed by atoms with Crippen LogP contribution in [0.15, 0.2) is 53.0 Å². The van der Waals surface area contributed by atoms with E-state index in [2.05, 4.69) is 15.9 Å². The molecule has 1 atom stereocenters. The molecule has 2 aromatic rings. The number of rotatable bonds is 7. The molecule has 21 heavy (non-hydrogen) atoms. The maximum atomic E-state index is 6.17. The van der Waals surface area contributed by atoms with E-state index < -0.39 is 0 Å². The van der Waals surface area contributed by atoms with E-state index in [1.807, 2.05) is 48.5 Å². The van der Waals surface area contributed by atoms with E-state index in [1.54, 1.807) is 7.11 Å². The molecule has 0 fully saturated rings. The SMILES string of the molecule is COc1ccccc1CC(N)CCOc1ccc(Br)cc1. The summed E-state index contributed by atoms with van der Waals surface area (Å²) in [5.41, 5.74) is 7.31. The summed E-state index contributed by atoms with van der Waals surface area (Å²) in [5, 5.41) is 0. The Kier molecular flexibility index (Phi) is 6.08. The van der Waals surface area contributed by atoms with Gasteiger partial charge in [-0.1, -0.05) is 34.1 Å². The van der Waals surface area contributed by atoms with E-state index >= 15 is 0 Å². The minimum Gasteiger partial charge on any atom is -0.496 e. The quantitative estimate of drug-likeness (QED) is 0.826.